The lowest BCUT2D eigenvalue weighted by atomic mass is 9.92. The zero-order valence-electron chi connectivity index (χ0n) is 12.2. The van der Waals surface area contributed by atoms with Crippen molar-refractivity contribution in [3.05, 3.63) is 34.9 Å². The standard InChI is InChI=1S/C16H23ClN2O/c1-12-5-4-10-19(13(12)2)16(20)18-9-8-14-6-3-7-15(17)11-14/h3,6-7,11-13H,4-5,8-10H2,1-2H3,(H,18,20). The molecule has 1 aromatic rings. The maximum Gasteiger partial charge on any atom is 0.317 e. The molecular formula is C16H23ClN2O. The monoisotopic (exact) mass is 294 g/mol. The van der Waals surface area contributed by atoms with E-state index in [1.54, 1.807) is 0 Å². The number of halogens is 1. The van der Waals surface area contributed by atoms with Gasteiger partial charge in [-0.3, -0.25) is 0 Å². The molecule has 110 valence electrons. The quantitative estimate of drug-likeness (QED) is 0.905. The van der Waals surface area contributed by atoms with Gasteiger partial charge in [0.25, 0.3) is 0 Å². The Hall–Kier alpha value is -1.22. The summed E-state index contributed by atoms with van der Waals surface area (Å²) in [6, 6.07) is 8.16. The number of nitrogens with zero attached hydrogens (tertiary/aromatic N) is 1. The molecule has 4 heteroatoms. The van der Waals surface area contributed by atoms with Gasteiger partial charge in [-0.05, 0) is 49.8 Å². The molecule has 1 aromatic carbocycles. The van der Waals surface area contributed by atoms with Gasteiger partial charge in [0.2, 0.25) is 0 Å². The first kappa shape index (κ1) is 15.2. The summed E-state index contributed by atoms with van der Waals surface area (Å²) in [6.07, 6.45) is 3.13. The van der Waals surface area contributed by atoms with Gasteiger partial charge in [0.15, 0.2) is 0 Å². The first-order valence-electron chi connectivity index (χ1n) is 7.37. The summed E-state index contributed by atoms with van der Waals surface area (Å²) in [6.45, 7) is 5.88. The minimum atomic E-state index is 0.0612. The van der Waals surface area contributed by atoms with E-state index in [1.807, 2.05) is 29.2 Å². The number of hydrogen-bond acceptors (Lipinski definition) is 1. The van der Waals surface area contributed by atoms with Gasteiger partial charge in [0.05, 0.1) is 0 Å². The fourth-order valence-corrected chi connectivity index (χ4v) is 2.94. The van der Waals surface area contributed by atoms with Crippen LogP contribution in [-0.2, 0) is 6.42 Å². The van der Waals surface area contributed by atoms with Crippen LogP contribution in [0, 0.1) is 5.92 Å². The number of rotatable bonds is 3. The third kappa shape index (κ3) is 3.89. The second-order valence-electron chi connectivity index (χ2n) is 5.67. The van der Waals surface area contributed by atoms with Gasteiger partial charge in [-0.2, -0.15) is 0 Å². The van der Waals surface area contributed by atoms with Crippen LogP contribution in [0.1, 0.15) is 32.3 Å². The fourth-order valence-electron chi connectivity index (χ4n) is 2.73. The predicted octanol–water partition coefficient (Wildman–Crippen LogP) is 3.71. The molecule has 1 saturated heterocycles. The van der Waals surface area contributed by atoms with E-state index < -0.39 is 0 Å². The topological polar surface area (TPSA) is 32.3 Å². The molecule has 1 N–H and O–H groups in total. The Bertz CT molecular complexity index is 464. The summed E-state index contributed by atoms with van der Waals surface area (Å²) in [5, 5.41) is 3.76. The summed E-state index contributed by atoms with van der Waals surface area (Å²) >= 11 is 5.95. The Balaban J connectivity index is 1.80. The Kier molecular flexibility index (Phi) is 5.30. The van der Waals surface area contributed by atoms with Crippen LogP contribution >= 0.6 is 11.6 Å². The summed E-state index contributed by atoms with van der Waals surface area (Å²) in [4.78, 5) is 14.2. The van der Waals surface area contributed by atoms with Gasteiger partial charge in [-0.25, -0.2) is 4.79 Å². The number of hydrogen-bond donors (Lipinski definition) is 1. The van der Waals surface area contributed by atoms with Gasteiger partial charge in [-0.1, -0.05) is 30.7 Å². The number of likely N-dealkylation sites (tertiary alicyclic amines) is 1. The zero-order valence-corrected chi connectivity index (χ0v) is 13.0. The molecule has 2 atom stereocenters. The molecule has 0 saturated carbocycles. The summed E-state index contributed by atoms with van der Waals surface area (Å²) in [5.74, 6) is 0.586. The normalized spacial score (nSPS) is 22.6. The zero-order chi connectivity index (χ0) is 14.5. The van der Waals surface area contributed by atoms with Crippen molar-refractivity contribution in [3.63, 3.8) is 0 Å². The first-order valence-corrected chi connectivity index (χ1v) is 7.74. The van der Waals surface area contributed by atoms with Crippen LogP contribution in [0.4, 0.5) is 4.79 Å². The highest BCUT2D eigenvalue weighted by Crippen LogP contribution is 2.22. The first-order chi connectivity index (χ1) is 9.58. The van der Waals surface area contributed by atoms with Crippen LogP contribution in [0.15, 0.2) is 24.3 Å². The molecule has 0 radical (unpaired) electrons. The number of carbonyl (C=O) groups excluding carboxylic acids is 1. The second kappa shape index (κ2) is 6.98. The molecular weight excluding hydrogens is 272 g/mol. The lowest BCUT2D eigenvalue weighted by Crippen LogP contribution is -2.50. The van der Waals surface area contributed by atoms with Crippen molar-refractivity contribution in [2.24, 2.45) is 5.92 Å². The van der Waals surface area contributed by atoms with Crippen molar-refractivity contribution in [2.45, 2.75) is 39.2 Å². The van der Waals surface area contributed by atoms with E-state index in [2.05, 4.69) is 19.2 Å². The SMILES string of the molecule is CC1CCCN(C(=O)NCCc2cccc(Cl)c2)C1C. The number of urea groups is 1. The maximum absolute atomic E-state index is 12.2. The summed E-state index contributed by atoms with van der Waals surface area (Å²) in [7, 11) is 0. The maximum atomic E-state index is 12.2. The lowest BCUT2D eigenvalue weighted by molar-refractivity contribution is 0.129. The molecule has 2 unspecified atom stereocenters. The number of amides is 2. The van der Waals surface area contributed by atoms with E-state index in [4.69, 9.17) is 11.6 Å². The van der Waals surface area contributed by atoms with Crippen LogP contribution in [0.2, 0.25) is 5.02 Å². The van der Waals surface area contributed by atoms with Gasteiger partial charge < -0.3 is 10.2 Å². The highest BCUT2D eigenvalue weighted by Gasteiger charge is 2.27. The minimum Gasteiger partial charge on any atom is -0.338 e. The van der Waals surface area contributed by atoms with E-state index in [9.17, 15) is 4.79 Å². The summed E-state index contributed by atoms with van der Waals surface area (Å²) < 4.78 is 0. The second-order valence-corrected chi connectivity index (χ2v) is 6.10. The van der Waals surface area contributed by atoms with Crippen molar-refractivity contribution in [1.29, 1.82) is 0 Å². The Labute approximate surface area is 126 Å². The molecule has 1 heterocycles. The minimum absolute atomic E-state index is 0.0612. The highest BCUT2D eigenvalue weighted by molar-refractivity contribution is 6.30. The number of benzene rings is 1. The van der Waals surface area contributed by atoms with E-state index in [0.717, 1.165) is 30.0 Å². The average Bonchev–Trinajstić information content (AvgIpc) is 2.42. The van der Waals surface area contributed by atoms with E-state index in [1.165, 1.54) is 6.42 Å². The Morgan fingerprint density at radius 2 is 2.25 bits per heavy atom. The predicted molar refractivity (Wildman–Crippen MR) is 83.1 cm³/mol. The molecule has 20 heavy (non-hydrogen) atoms. The molecule has 2 rings (SSSR count). The van der Waals surface area contributed by atoms with E-state index in [-0.39, 0.29) is 6.03 Å². The van der Waals surface area contributed by atoms with Gasteiger partial charge in [-0.15, -0.1) is 0 Å². The molecule has 3 nitrogen and oxygen atoms in total. The smallest absolute Gasteiger partial charge is 0.317 e. The van der Waals surface area contributed by atoms with E-state index >= 15 is 0 Å². The van der Waals surface area contributed by atoms with Gasteiger partial charge >= 0.3 is 6.03 Å². The molecule has 0 bridgehead atoms. The molecule has 0 aromatic heterocycles. The Morgan fingerprint density at radius 3 is 3.00 bits per heavy atom. The van der Waals surface area contributed by atoms with Crippen LogP contribution in [0.25, 0.3) is 0 Å². The number of carbonyl (C=O) groups is 1. The van der Waals surface area contributed by atoms with Crippen LogP contribution in [0.3, 0.4) is 0 Å². The van der Waals surface area contributed by atoms with Crippen molar-refractivity contribution >= 4 is 17.6 Å². The molecule has 2 amide bonds. The summed E-state index contributed by atoms with van der Waals surface area (Å²) in [5.41, 5.74) is 1.15. The fraction of sp³-hybridized carbons (Fsp3) is 0.562. The lowest BCUT2D eigenvalue weighted by Gasteiger charge is -2.37. The van der Waals surface area contributed by atoms with Crippen LogP contribution in [-0.4, -0.2) is 30.1 Å². The van der Waals surface area contributed by atoms with Gasteiger partial charge in [0.1, 0.15) is 0 Å². The van der Waals surface area contributed by atoms with Gasteiger partial charge in [0, 0.05) is 24.2 Å². The molecule has 1 aliphatic rings. The van der Waals surface area contributed by atoms with Crippen molar-refractivity contribution in [3.8, 4) is 0 Å². The molecule has 1 fully saturated rings. The highest BCUT2D eigenvalue weighted by atomic mass is 35.5. The van der Waals surface area contributed by atoms with E-state index in [0.29, 0.717) is 18.5 Å². The third-order valence-electron chi connectivity index (χ3n) is 4.21. The van der Waals surface area contributed by atoms with Crippen LogP contribution < -0.4 is 5.32 Å². The molecule has 0 spiro atoms. The van der Waals surface area contributed by atoms with Crippen molar-refractivity contribution in [1.82, 2.24) is 10.2 Å². The largest absolute Gasteiger partial charge is 0.338 e. The van der Waals surface area contributed by atoms with Crippen molar-refractivity contribution < 1.29 is 4.79 Å². The van der Waals surface area contributed by atoms with Crippen LogP contribution in [0.5, 0.6) is 0 Å². The number of nitrogens with one attached hydrogen (secondary N) is 1. The third-order valence-corrected chi connectivity index (χ3v) is 4.45. The van der Waals surface area contributed by atoms with Crippen molar-refractivity contribution in [2.75, 3.05) is 13.1 Å². The number of piperidine rings is 1. The average molecular weight is 295 g/mol. The molecule has 1 aliphatic heterocycles. The molecule has 0 aliphatic carbocycles. The Morgan fingerprint density at radius 1 is 1.45 bits per heavy atom.